The molecule has 0 fully saturated rings. The van der Waals surface area contributed by atoms with E-state index < -0.39 is 0 Å². The molecule has 1 heterocycles. The number of benzene rings is 1. The van der Waals surface area contributed by atoms with Crippen LogP contribution in [-0.2, 0) is 13.1 Å². The number of aromatic nitrogens is 3. The summed E-state index contributed by atoms with van der Waals surface area (Å²) in [6.07, 6.45) is 2.97. The van der Waals surface area contributed by atoms with Crippen LogP contribution in [0.3, 0.4) is 0 Å². The first kappa shape index (κ1) is 14.1. The van der Waals surface area contributed by atoms with Crippen LogP contribution in [0, 0.1) is 5.82 Å². The normalized spacial score (nSPS) is 10.9. The van der Waals surface area contributed by atoms with E-state index in [4.69, 9.17) is 0 Å². The van der Waals surface area contributed by atoms with Crippen LogP contribution in [0.25, 0.3) is 0 Å². The molecule has 6 heteroatoms. The lowest BCUT2D eigenvalue weighted by molar-refractivity contribution is 0.613. The molecule has 0 radical (unpaired) electrons. The van der Waals surface area contributed by atoms with Gasteiger partial charge in [-0.1, -0.05) is 28.1 Å². The zero-order valence-electron chi connectivity index (χ0n) is 10.7. The number of halogens is 2. The summed E-state index contributed by atoms with van der Waals surface area (Å²) in [5.41, 5.74) is 1.74. The quantitative estimate of drug-likeness (QED) is 0.830. The summed E-state index contributed by atoms with van der Waals surface area (Å²) in [5.74, 6) is -0.255. The van der Waals surface area contributed by atoms with E-state index in [1.165, 1.54) is 12.1 Å². The van der Waals surface area contributed by atoms with Gasteiger partial charge in [-0.25, -0.2) is 9.07 Å². The molecule has 0 spiro atoms. The second kappa shape index (κ2) is 6.77. The van der Waals surface area contributed by atoms with Crippen molar-refractivity contribution in [3.63, 3.8) is 0 Å². The van der Waals surface area contributed by atoms with Crippen molar-refractivity contribution in [2.75, 3.05) is 6.54 Å². The minimum Gasteiger partial charge on any atom is -0.311 e. The van der Waals surface area contributed by atoms with Gasteiger partial charge in [-0.15, -0.1) is 5.10 Å². The van der Waals surface area contributed by atoms with Crippen molar-refractivity contribution in [2.45, 2.75) is 26.4 Å². The predicted molar refractivity (Wildman–Crippen MR) is 75.2 cm³/mol. The van der Waals surface area contributed by atoms with Gasteiger partial charge in [0.1, 0.15) is 5.82 Å². The zero-order valence-corrected chi connectivity index (χ0v) is 12.3. The Bertz CT molecular complexity index is 521. The van der Waals surface area contributed by atoms with Gasteiger partial charge in [0.2, 0.25) is 0 Å². The maximum absolute atomic E-state index is 13.3. The van der Waals surface area contributed by atoms with Gasteiger partial charge in [0.05, 0.1) is 18.4 Å². The van der Waals surface area contributed by atoms with Gasteiger partial charge in [0.25, 0.3) is 0 Å². The van der Waals surface area contributed by atoms with E-state index in [-0.39, 0.29) is 5.82 Å². The Kier molecular flexibility index (Phi) is 5.04. The zero-order chi connectivity index (χ0) is 13.7. The van der Waals surface area contributed by atoms with Gasteiger partial charge in [0.15, 0.2) is 0 Å². The Morgan fingerprint density at radius 3 is 2.95 bits per heavy atom. The maximum Gasteiger partial charge on any atom is 0.124 e. The first-order valence-electron chi connectivity index (χ1n) is 6.22. The van der Waals surface area contributed by atoms with Crippen molar-refractivity contribution >= 4 is 15.9 Å². The van der Waals surface area contributed by atoms with Gasteiger partial charge in [-0.05, 0) is 36.7 Å². The van der Waals surface area contributed by atoms with Crippen LogP contribution in [0.15, 0.2) is 28.9 Å². The van der Waals surface area contributed by atoms with Gasteiger partial charge in [-0.3, -0.25) is 0 Å². The van der Waals surface area contributed by atoms with Crippen LogP contribution < -0.4 is 5.32 Å². The van der Waals surface area contributed by atoms with Gasteiger partial charge in [0, 0.05) is 11.0 Å². The Balaban J connectivity index is 1.99. The third kappa shape index (κ3) is 4.40. The molecule has 0 amide bonds. The fourth-order valence-electron chi connectivity index (χ4n) is 1.78. The predicted octanol–water partition coefficient (Wildman–Crippen LogP) is 2.73. The van der Waals surface area contributed by atoms with Crippen molar-refractivity contribution in [3.05, 3.63) is 45.9 Å². The summed E-state index contributed by atoms with van der Waals surface area (Å²) in [6.45, 7) is 4.30. The Morgan fingerprint density at radius 1 is 1.37 bits per heavy atom. The highest BCUT2D eigenvalue weighted by Gasteiger charge is 2.03. The summed E-state index contributed by atoms with van der Waals surface area (Å²) in [5, 5.41) is 11.4. The van der Waals surface area contributed by atoms with E-state index in [0.29, 0.717) is 13.1 Å². The molecule has 1 aromatic heterocycles. The van der Waals surface area contributed by atoms with Gasteiger partial charge >= 0.3 is 0 Å². The van der Waals surface area contributed by atoms with Crippen molar-refractivity contribution < 1.29 is 4.39 Å². The molecule has 2 aromatic rings. The first-order valence-corrected chi connectivity index (χ1v) is 7.01. The van der Waals surface area contributed by atoms with E-state index in [0.717, 1.165) is 28.7 Å². The van der Waals surface area contributed by atoms with Crippen molar-refractivity contribution in [2.24, 2.45) is 0 Å². The molecule has 0 unspecified atom stereocenters. The Morgan fingerprint density at radius 2 is 2.21 bits per heavy atom. The molecule has 1 aromatic carbocycles. The summed E-state index contributed by atoms with van der Waals surface area (Å²) in [7, 11) is 0. The van der Waals surface area contributed by atoms with E-state index in [1.54, 1.807) is 4.68 Å². The molecule has 0 saturated heterocycles. The van der Waals surface area contributed by atoms with Crippen LogP contribution in [0.2, 0.25) is 0 Å². The second-order valence-electron chi connectivity index (χ2n) is 4.36. The Labute approximate surface area is 120 Å². The fourth-order valence-corrected chi connectivity index (χ4v) is 2.29. The summed E-state index contributed by atoms with van der Waals surface area (Å²) >= 11 is 3.28. The molecular formula is C13H16BrFN4. The van der Waals surface area contributed by atoms with Crippen LogP contribution in [0.5, 0.6) is 0 Å². The lowest BCUT2D eigenvalue weighted by atomic mass is 10.2. The summed E-state index contributed by atoms with van der Waals surface area (Å²) < 4.78 is 15.7. The number of hydrogen-bond donors (Lipinski definition) is 1. The molecule has 0 bridgehead atoms. The molecule has 0 saturated carbocycles. The molecular weight excluding hydrogens is 311 g/mol. The highest BCUT2D eigenvalue weighted by Crippen LogP contribution is 2.15. The average molecular weight is 327 g/mol. The molecule has 0 atom stereocenters. The monoisotopic (exact) mass is 326 g/mol. The molecule has 0 aliphatic carbocycles. The summed E-state index contributed by atoms with van der Waals surface area (Å²) in [4.78, 5) is 0. The van der Waals surface area contributed by atoms with Gasteiger partial charge < -0.3 is 5.32 Å². The number of hydrogen-bond acceptors (Lipinski definition) is 3. The molecule has 4 nitrogen and oxygen atoms in total. The fraction of sp³-hybridized carbons (Fsp3) is 0.385. The smallest absolute Gasteiger partial charge is 0.124 e. The third-order valence-corrected chi connectivity index (χ3v) is 3.04. The van der Waals surface area contributed by atoms with E-state index >= 15 is 0 Å². The van der Waals surface area contributed by atoms with Crippen LogP contribution in [0.1, 0.15) is 24.6 Å². The molecule has 102 valence electrons. The van der Waals surface area contributed by atoms with Crippen LogP contribution in [-0.4, -0.2) is 21.5 Å². The van der Waals surface area contributed by atoms with E-state index in [1.807, 2.05) is 12.3 Å². The van der Waals surface area contributed by atoms with Crippen molar-refractivity contribution in [3.8, 4) is 0 Å². The Hall–Kier alpha value is -1.27. The van der Waals surface area contributed by atoms with Crippen molar-refractivity contribution in [1.29, 1.82) is 0 Å². The second-order valence-corrected chi connectivity index (χ2v) is 5.28. The minimum absolute atomic E-state index is 0.255. The van der Waals surface area contributed by atoms with Crippen molar-refractivity contribution in [1.82, 2.24) is 20.3 Å². The molecule has 1 N–H and O–H groups in total. The first-order chi connectivity index (χ1) is 9.17. The third-order valence-electron chi connectivity index (χ3n) is 2.59. The molecule has 19 heavy (non-hydrogen) atoms. The number of nitrogens with zero attached hydrogens (tertiary/aromatic N) is 3. The van der Waals surface area contributed by atoms with Gasteiger partial charge in [-0.2, -0.15) is 0 Å². The largest absolute Gasteiger partial charge is 0.311 e. The number of rotatable bonds is 6. The topological polar surface area (TPSA) is 42.7 Å². The highest BCUT2D eigenvalue weighted by atomic mass is 79.9. The summed E-state index contributed by atoms with van der Waals surface area (Å²) in [6, 6.07) is 4.81. The molecule has 0 aliphatic heterocycles. The minimum atomic E-state index is -0.255. The van der Waals surface area contributed by atoms with Crippen LogP contribution >= 0.6 is 15.9 Å². The maximum atomic E-state index is 13.3. The highest BCUT2D eigenvalue weighted by molar-refractivity contribution is 9.10. The number of nitrogens with one attached hydrogen (secondary N) is 1. The SMILES string of the molecule is CCCNCc1cn(Cc2cc(F)cc(Br)c2)nn1. The lowest BCUT2D eigenvalue weighted by Crippen LogP contribution is -2.13. The standard InChI is InChI=1S/C13H16BrFN4/c1-2-3-16-7-13-9-19(18-17-13)8-10-4-11(14)6-12(15)5-10/h4-6,9,16H,2-3,7-8H2,1H3. The van der Waals surface area contributed by atoms with E-state index in [9.17, 15) is 4.39 Å². The lowest BCUT2D eigenvalue weighted by Gasteiger charge is -2.02. The molecule has 2 rings (SSSR count). The molecule has 0 aliphatic rings. The van der Waals surface area contributed by atoms with E-state index in [2.05, 4.69) is 38.5 Å². The average Bonchev–Trinajstić information content (AvgIpc) is 2.76. The van der Waals surface area contributed by atoms with Crippen LogP contribution in [0.4, 0.5) is 4.39 Å².